The number of hydrogen-bond acceptors (Lipinski definition) is 2. The number of hydrogen-bond donors (Lipinski definition) is 0. The number of rotatable bonds is 19. The van der Waals surface area contributed by atoms with E-state index in [1.807, 2.05) is 24.3 Å². The Labute approximate surface area is 188 Å². The number of esters is 1. The summed E-state index contributed by atoms with van der Waals surface area (Å²) in [5, 5.41) is 0.807. The maximum absolute atomic E-state index is 12.0. The second-order valence-corrected chi connectivity index (χ2v) is 8.83. The molecule has 0 saturated heterocycles. The molecule has 0 fully saturated rings. The highest BCUT2D eigenvalue weighted by Crippen LogP contribution is 2.14. The average molecular weight is 468 g/mol. The third-order valence-electron chi connectivity index (χ3n) is 5.57. The van der Waals surface area contributed by atoms with Gasteiger partial charge in [-0.3, -0.25) is 0 Å². The molecule has 0 atom stereocenters. The molecule has 0 aliphatic rings. The highest BCUT2D eigenvalue weighted by molar-refractivity contribution is 9.08. The fourth-order valence-corrected chi connectivity index (χ4v) is 4.00. The molecule has 1 aromatic rings. The number of carbonyl (C=O) groups is 1. The first-order valence-corrected chi connectivity index (χ1v) is 13.2. The van der Waals surface area contributed by atoms with Gasteiger partial charge in [-0.2, -0.15) is 0 Å². The lowest BCUT2D eigenvalue weighted by atomic mass is 10.0. The lowest BCUT2D eigenvalue weighted by molar-refractivity contribution is 0.0497. The van der Waals surface area contributed by atoms with Gasteiger partial charge in [-0.15, -0.1) is 0 Å². The summed E-state index contributed by atoms with van der Waals surface area (Å²) in [6.45, 7) is 2.82. The fraction of sp³-hybridized carbons (Fsp3) is 0.731. The Morgan fingerprint density at radius 2 is 1.10 bits per heavy atom. The molecule has 0 unspecified atom stereocenters. The van der Waals surface area contributed by atoms with Crippen LogP contribution in [-0.4, -0.2) is 12.6 Å². The predicted molar refractivity (Wildman–Crippen MR) is 129 cm³/mol. The Kier molecular flexibility index (Phi) is 17.3. The number of unbranched alkanes of at least 4 members (excludes halogenated alkanes) is 15. The lowest BCUT2D eigenvalue weighted by Gasteiger charge is -2.06. The highest BCUT2D eigenvalue weighted by atomic mass is 79.9. The van der Waals surface area contributed by atoms with E-state index in [0.29, 0.717) is 12.2 Å². The molecular formula is C26H43BrO2. The zero-order chi connectivity index (χ0) is 21.0. The van der Waals surface area contributed by atoms with Crippen LogP contribution in [0, 0.1) is 0 Å². The van der Waals surface area contributed by atoms with Crippen LogP contribution in [0.4, 0.5) is 0 Å². The van der Waals surface area contributed by atoms with Crippen LogP contribution in [0.3, 0.4) is 0 Å². The maximum atomic E-state index is 12.0. The molecule has 0 amide bonds. The van der Waals surface area contributed by atoms with E-state index >= 15 is 0 Å². The summed E-state index contributed by atoms with van der Waals surface area (Å²) in [4.78, 5) is 12.0. The molecule has 0 aromatic heterocycles. The molecule has 0 saturated carbocycles. The van der Waals surface area contributed by atoms with E-state index in [-0.39, 0.29) is 5.97 Å². The van der Waals surface area contributed by atoms with Crippen molar-refractivity contribution < 1.29 is 9.53 Å². The monoisotopic (exact) mass is 466 g/mol. The molecule has 0 spiro atoms. The van der Waals surface area contributed by atoms with Gasteiger partial charge in [0.25, 0.3) is 0 Å². The van der Waals surface area contributed by atoms with E-state index in [2.05, 4.69) is 22.9 Å². The summed E-state index contributed by atoms with van der Waals surface area (Å²) in [5.41, 5.74) is 1.81. The van der Waals surface area contributed by atoms with Crippen molar-refractivity contribution in [2.24, 2.45) is 0 Å². The van der Waals surface area contributed by atoms with Crippen molar-refractivity contribution in [3.8, 4) is 0 Å². The number of benzene rings is 1. The summed E-state index contributed by atoms with van der Waals surface area (Å²) in [7, 11) is 0. The van der Waals surface area contributed by atoms with Crippen LogP contribution in [0.2, 0.25) is 0 Å². The zero-order valence-electron chi connectivity index (χ0n) is 18.7. The molecule has 0 N–H and O–H groups in total. The number of halogens is 1. The standard InChI is InChI=1S/C26H43BrO2/c1-2-3-4-5-6-7-8-9-10-11-12-13-14-15-16-17-22-29-26(28)25-20-18-24(23-27)19-21-25/h18-21H,2-17,22-23H2,1H3. The molecule has 1 aromatic carbocycles. The van der Waals surface area contributed by atoms with Crippen molar-refractivity contribution in [3.05, 3.63) is 35.4 Å². The number of carbonyl (C=O) groups excluding carboxylic acids is 1. The fourth-order valence-electron chi connectivity index (χ4n) is 3.63. The van der Waals surface area contributed by atoms with Crippen molar-refractivity contribution in [2.45, 2.75) is 115 Å². The van der Waals surface area contributed by atoms with E-state index < -0.39 is 0 Å². The van der Waals surface area contributed by atoms with Crippen molar-refractivity contribution in [1.29, 1.82) is 0 Å². The number of alkyl halides is 1. The van der Waals surface area contributed by atoms with Gasteiger partial charge in [-0.05, 0) is 24.1 Å². The van der Waals surface area contributed by atoms with Crippen LogP contribution in [0.5, 0.6) is 0 Å². The minimum atomic E-state index is -0.202. The highest BCUT2D eigenvalue weighted by Gasteiger charge is 2.06. The summed E-state index contributed by atoms with van der Waals surface area (Å²) in [6.07, 6.45) is 21.7. The van der Waals surface area contributed by atoms with Gasteiger partial charge in [0.1, 0.15) is 0 Å². The van der Waals surface area contributed by atoms with Gasteiger partial charge >= 0.3 is 5.97 Å². The summed E-state index contributed by atoms with van der Waals surface area (Å²) in [5.74, 6) is -0.202. The van der Waals surface area contributed by atoms with Gasteiger partial charge in [0.15, 0.2) is 0 Å². The molecule has 0 radical (unpaired) electrons. The Morgan fingerprint density at radius 1 is 0.690 bits per heavy atom. The van der Waals surface area contributed by atoms with Crippen molar-refractivity contribution in [3.63, 3.8) is 0 Å². The summed E-state index contributed by atoms with van der Waals surface area (Å²) in [6, 6.07) is 7.60. The van der Waals surface area contributed by atoms with Crippen molar-refractivity contribution in [2.75, 3.05) is 6.61 Å². The molecule has 3 heteroatoms. The quantitative estimate of drug-likeness (QED) is 0.115. The molecule has 0 bridgehead atoms. The molecule has 2 nitrogen and oxygen atoms in total. The normalized spacial score (nSPS) is 11.0. The predicted octanol–water partition coefficient (Wildman–Crippen LogP) is 9.00. The molecular weight excluding hydrogens is 424 g/mol. The van der Waals surface area contributed by atoms with Gasteiger partial charge in [0.2, 0.25) is 0 Å². The molecule has 29 heavy (non-hydrogen) atoms. The smallest absolute Gasteiger partial charge is 0.338 e. The van der Waals surface area contributed by atoms with Gasteiger partial charge < -0.3 is 4.74 Å². The summed E-state index contributed by atoms with van der Waals surface area (Å²) >= 11 is 3.41. The molecule has 166 valence electrons. The summed E-state index contributed by atoms with van der Waals surface area (Å²) < 4.78 is 5.37. The first-order chi connectivity index (χ1) is 14.3. The molecule has 0 aliphatic heterocycles. The van der Waals surface area contributed by atoms with Gasteiger partial charge in [-0.25, -0.2) is 4.79 Å². The molecule has 1 rings (SSSR count). The zero-order valence-corrected chi connectivity index (χ0v) is 20.3. The van der Waals surface area contributed by atoms with E-state index in [0.717, 1.165) is 18.2 Å². The first kappa shape index (κ1) is 26.2. The van der Waals surface area contributed by atoms with Crippen molar-refractivity contribution in [1.82, 2.24) is 0 Å². The van der Waals surface area contributed by atoms with E-state index in [1.165, 1.54) is 95.5 Å². The van der Waals surface area contributed by atoms with Crippen LogP contribution >= 0.6 is 15.9 Å². The lowest BCUT2D eigenvalue weighted by Crippen LogP contribution is -2.06. The Balaban J connectivity index is 1.81. The van der Waals surface area contributed by atoms with E-state index in [9.17, 15) is 4.79 Å². The first-order valence-electron chi connectivity index (χ1n) is 12.1. The van der Waals surface area contributed by atoms with Gasteiger partial charge in [0.05, 0.1) is 12.2 Å². The van der Waals surface area contributed by atoms with E-state index in [4.69, 9.17) is 4.74 Å². The minimum absolute atomic E-state index is 0.202. The maximum Gasteiger partial charge on any atom is 0.338 e. The second-order valence-electron chi connectivity index (χ2n) is 8.27. The third kappa shape index (κ3) is 14.7. The Morgan fingerprint density at radius 3 is 1.52 bits per heavy atom. The van der Waals surface area contributed by atoms with E-state index in [1.54, 1.807) is 0 Å². The third-order valence-corrected chi connectivity index (χ3v) is 6.22. The van der Waals surface area contributed by atoms with Crippen LogP contribution in [-0.2, 0) is 10.1 Å². The van der Waals surface area contributed by atoms with Gasteiger partial charge in [0, 0.05) is 5.33 Å². The number of ether oxygens (including phenoxy) is 1. The SMILES string of the molecule is CCCCCCCCCCCCCCCCCCOC(=O)c1ccc(CBr)cc1. The Bertz CT molecular complexity index is 498. The average Bonchev–Trinajstić information content (AvgIpc) is 2.75. The van der Waals surface area contributed by atoms with Gasteiger partial charge in [-0.1, -0.05) is 131 Å². The van der Waals surface area contributed by atoms with Crippen molar-refractivity contribution >= 4 is 21.9 Å². The largest absolute Gasteiger partial charge is 0.462 e. The second kappa shape index (κ2) is 19.2. The Hall–Kier alpha value is -0.830. The topological polar surface area (TPSA) is 26.3 Å². The minimum Gasteiger partial charge on any atom is -0.462 e. The van der Waals surface area contributed by atoms with Crippen LogP contribution in [0.1, 0.15) is 126 Å². The van der Waals surface area contributed by atoms with Crippen LogP contribution in [0.15, 0.2) is 24.3 Å². The van der Waals surface area contributed by atoms with Crippen LogP contribution < -0.4 is 0 Å². The van der Waals surface area contributed by atoms with Crippen LogP contribution in [0.25, 0.3) is 0 Å². The molecule has 0 aliphatic carbocycles. The molecule has 0 heterocycles.